The molecule has 2 aliphatic heterocycles. The summed E-state index contributed by atoms with van der Waals surface area (Å²) >= 11 is 0. The quantitative estimate of drug-likeness (QED) is 0.169. The predicted octanol–water partition coefficient (Wildman–Crippen LogP) is 12.9. The molecule has 0 radical (unpaired) electrons. The van der Waals surface area contributed by atoms with Crippen LogP contribution in [0.5, 0.6) is 0 Å². The fourth-order valence-electron chi connectivity index (χ4n) is 9.96. The number of allylic oxidation sites excluding steroid dienone is 1. The molecule has 0 fully saturated rings. The molecule has 0 bridgehead atoms. The van der Waals surface area contributed by atoms with Crippen LogP contribution in [0.25, 0.3) is 61.5 Å². The highest BCUT2D eigenvalue weighted by Gasteiger charge is 2.43. The van der Waals surface area contributed by atoms with Crippen LogP contribution < -0.4 is 9.13 Å². The lowest BCUT2D eigenvalue weighted by molar-refractivity contribution is -0.719. The highest BCUT2D eigenvalue weighted by molar-refractivity contribution is 6.09. The smallest absolute Gasteiger partial charge is 0.227 e. The molecule has 0 N–H and O–H groups in total. The third-order valence-electron chi connectivity index (χ3n) is 12.7. The molecule has 2 unspecified atom stereocenters. The molecule has 0 spiro atoms. The third kappa shape index (κ3) is 5.83. The van der Waals surface area contributed by atoms with E-state index in [0.717, 1.165) is 58.3 Å². The van der Waals surface area contributed by atoms with Gasteiger partial charge in [-0.25, -0.2) is 4.98 Å². The van der Waals surface area contributed by atoms with Crippen molar-refractivity contribution < 1.29 is 13.6 Å². The Hall–Kier alpha value is -5.35. The first kappa shape index (κ1) is 36.3. The summed E-state index contributed by atoms with van der Waals surface area (Å²) in [5.74, 6) is 1.03. The van der Waals surface area contributed by atoms with E-state index in [2.05, 4.69) is 169 Å². The fourth-order valence-corrected chi connectivity index (χ4v) is 9.96. The van der Waals surface area contributed by atoms with Crippen molar-refractivity contribution in [3.63, 3.8) is 0 Å². The average molecular weight is 738 g/mol. The minimum atomic E-state index is -0.0381. The van der Waals surface area contributed by atoms with Crippen molar-refractivity contribution in [2.45, 2.75) is 111 Å². The largest absolute Gasteiger partial charge is 0.437 e. The van der Waals surface area contributed by atoms with Crippen LogP contribution in [0.1, 0.15) is 124 Å². The minimum absolute atomic E-state index is 0.0381. The summed E-state index contributed by atoms with van der Waals surface area (Å²) in [4.78, 5) is 5.34. The van der Waals surface area contributed by atoms with Gasteiger partial charge in [-0.05, 0) is 96.2 Å². The molecule has 2 aliphatic rings. The normalized spacial score (nSPS) is 16.8. The molecule has 2 atom stereocenters. The zero-order chi connectivity index (χ0) is 39.2. The van der Waals surface area contributed by atoms with Crippen molar-refractivity contribution >= 4 is 27.8 Å². The number of nitrogens with zero attached hydrogens (tertiary/aromatic N) is 3. The Kier molecular flexibility index (Phi) is 8.68. The molecule has 0 saturated carbocycles. The van der Waals surface area contributed by atoms with Gasteiger partial charge in [-0.15, -0.1) is 0 Å². The van der Waals surface area contributed by atoms with Gasteiger partial charge in [-0.3, -0.25) is 0 Å². The Morgan fingerprint density at radius 1 is 0.786 bits per heavy atom. The molecule has 0 aliphatic carbocycles. The topological polar surface area (TPSA) is 33.8 Å². The van der Waals surface area contributed by atoms with Gasteiger partial charge in [-0.2, -0.15) is 9.13 Å². The van der Waals surface area contributed by atoms with E-state index in [-0.39, 0.29) is 17.4 Å². The third-order valence-corrected chi connectivity index (χ3v) is 12.7. The standard InChI is InChI=1S/C52H55N3O/c1-30(2)36-16-13-17-37(31(3)4)49(36)44-23-22-41-40-21-19-35-20-25-46-42(38-14-11-12-15-39(38)45-24-18-32(5)28-55(45)46)27-34(7)54-29-43(52(8,9)10)33(6)26-47(54)48(35)50(40)56-51(41)53-44/h11-19,21-24,26,28-31,42,46H,7,20,25,27H2,1-6,8-10H3/q+2. The number of aryl methyl sites for hydroxylation is 3. The van der Waals surface area contributed by atoms with Crippen molar-refractivity contribution in [3.8, 4) is 33.8 Å². The van der Waals surface area contributed by atoms with Crippen LogP contribution in [-0.2, 0) is 11.8 Å². The van der Waals surface area contributed by atoms with Gasteiger partial charge in [0, 0.05) is 58.0 Å². The van der Waals surface area contributed by atoms with Crippen LogP contribution in [-0.4, -0.2) is 4.98 Å². The van der Waals surface area contributed by atoms with Gasteiger partial charge in [0.1, 0.15) is 0 Å². The first-order chi connectivity index (χ1) is 26.8. The number of rotatable bonds is 3. The summed E-state index contributed by atoms with van der Waals surface area (Å²) in [7, 11) is 0. The summed E-state index contributed by atoms with van der Waals surface area (Å²) in [6, 6.07) is 32.1. The fraction of sp³-hybridized carbons (Fsp3) is 0.327. The number of hydrogen-bond donors (Lipinski definition) is 0. The second kappa shape index (κ2) is 13.4. The molecule has 0 saturated heterocycles. The maximum absolute atomic E-state index is 7.08. The molecule has 7 aromatic rings. The molecular weight excluding hydrogens is 683 g/mol. The van der Waals surface area contributed by atoms with Crippen LogP contribution in [0.15, 0.2) is 108 Å². The van der Waals surface area contributed by atoms with E-state index >= 15 is 0 Å². The molecule has 9 rings (SSSR count). The first-order valence-electron chi connectivity index (χ1n) is 20.6. The molecule has 4 aromatic heterocycles. The number of pyridine rings is 3. The zero-order valence-corrected chi connectivity index (χ0v) is 34.6. The molecule has 0 amide bonds. The summed E-state index contributed by atoms with van der Waals surface area (Å²) in [6.07, 6.45) is 7.50. The van der Waals surface area contributed by atoms with E-state index in [9.17, 15) is 0 Å². The van der Waals surface area contributed by atoms with Gasteiger partial charge in [-0.1, -0.05) is 97.0 Å². The van der Waals surface area contributed by atoms with E-state index in [4.69, 9.17) is 16.0 Å². The molecule has 4 nitrogen and oxygen atoms in total. The maximum atomic E-state index is 7.08. The van der Waals surface area contributed by atoms with E-state index in [0.29, 0.717) is 17.5 Å². The van der Waals surface area contributed by atoms with Gasteiger partial charge >= 0.3 is 0 Å². The van der Waals surface area contributed by atoms with E-state index in [1.807, 2.05) is 0 Å². The molecule has 6 heterocycles. The maximum Gasteiger partial charge on any atom is 0.227 e. The van der Waals surface area contributed by atoms with Crippen molar-refractivity contribution in [2.24, 2.45) is 0 Å². The SMILES string of the molecule is C=C1CC2c3ccccc3-c3ccc(C)c[n+]3C2CCc2ccc3c(oc4nc(-c5c(C(C)C)cccc5C(C)C)ccc43)c2-c2cc(C)c(C(C)(C)C)c[n+]21. The van der Waals surface area contributed by atoms with E-state index < -0.39 is 0 Å². The predicted molar refractivity (Wildman–Crippen MR) is 231 cm³/mol. The summed E-state index contributed by atoms with van der Waals surface area (Å²) in [5.41, 5.74) is 19.0. The Morgan fingerprint density at radius 2 is 1.52 bits per heavy atom. The van der Waals surface area contributed by atoms with Crippen molar-refractivity contribution in [3.05, 3.63) is 143 Å². The number of aromatic nitrogens is 3. The molecular formula is C52H55N3O+2. The molecule has 56 heavy (non-hydrogen) atoms. The summed E-state index contributed by atoms with van der Waals surface area (Å²) in [5, 5.41) is 2.15. The van der Waals surface area contributed by atoms with Crippen LogP contribution in [0.4, 0.5) is 0 Å². The Morgan fingerprint density at radius 3 is 2.25 bits per heavy atom. The number of furan rings is 1. The van der Waals surface area contributed by atoms with Gasteiger partial charge in [0.25, 0.3) is 0 Å². The Labute approximate surface area is 332 Å². The highest BCUT2D eigenvalue weighted by Crippen LogP contribution is 2.46. The highest BCUT2D eigenvalue weighted by atomic mass is 16.3. The monoisotopic (exact) mass is 737 g/mol. The van der Waals surface area contributed by atoms with Crippen molar-refractivity contribution in [2.75, 3.05) is 0 Å². The number of fused-ring (bicyclic) bond motifs is 13. The molecule has 3 aromatic carbocycles. The lowest BCUT2D eigenvalue weighted by Crippen LogP contribution is -2.49. The van der Waals surface area contributed by atoms with E-state index in [1.165, 1.54) is 55.8 Å². The van der Waals surface area contributed by atoms with Gasteiger partial charge in [0.2, 0.25) is 17.1 Å². The van der Waals surface area contributed by atoms with Crippen LogP contribution in [0, 0.1) is 13.8 Å². The Balaban J connectivity index is 1.29. The van der Waals surface area contributed by atoms with Crippen molar-refractivity contribution in [1.82, 2.24) is 4.98 Å². The van der Waals surface area contributed by atoms with Crippen LogP contribution in [0.3, 0.4) is 0 Å². The minimum Gasteiger partial charge on any atom is -0.437 e. The molecule has 282 valence electrons. The van der Waals surface area contributed by atoms with Crippen molar-refractivity contribution in [1.29, 1.82) is 0 Å². The average Bonchev–Trinajstić information content (AvgIpc) is 3.54. The van der Waals surface area contributed by atoms with Crippen LogP contribution >= 0.6 is 0 Å². The van der Waals surface area contributed by atoms with Gasteiger partial charge in [0.15, 0.2) is 29.7 Å². The molecule has 4 heteroatoms. The first-order valence-corrected chi connectivity index (χ1v) is 20.6. The van der Waals surface area contributed by atoms with Gasteiger partial charge < -0.3 is 4.42 Å². The lowest BCUT2D eigenvalue weighted by Gasteiger charge is -2.31. The second-order valence-electron chi connectivity index (χ2n) is 18.2. The van der Waals surface area contributed by atoms with Crippen LogP contribution in [0.2, 0.25) is 0 Å². The lowest BCUT2D eigenvalue weighted by atomic mass is 9.77. The Bertz CT molecular complexity index is 2690. The summed E-state index contributed by atoms with van der Waals surface area (Å²) < 4.78 is 12.1. The van der Waals surface area contributed by atoms with E-state index in [1.54, 1.807) is 0 Å². The number of benzene rings is 3. The number of hydrogen-bond acceptors (Lipinski definition) is 2. The zero-order valence-electron chi connectivity index (χ0n) is 34.6. The van der Waals surface area contributed by atoms with Gasteiger partial charge in [0.05, 0.1) is 17.2 Å². The second-order valence-corrected chi connectivity index (χ2v) is 18.2. The summed E-state index contributed by atoms with van der Waals surface area (Å²) in [6.45, 7) is 25.4.